The standard InChI is InChI=1S/C20H32O4/c1-7-10-17(21-6)23-19-13(2)15(4)20(16(5)14(19)3)24-18-11-8-9-12-22-18/h17-18H,7-12H2,1-6H3. The van der Waals surface area contributed by atoms with E-state index in [1.807, 2.05) is 0 Å². The molecule has 0 radical (unpaired) electrons. The van der Waals surface area contributed by atoms with Gasteiger partial charge in [-0.3, -0.25) is 0 Å². The van der Waals surface area contributed by atoms with Crippen LogP contribution in [0.3, 0.4) is 0 Å². The molecule has 2 unspecified atom stereocenters. The van der Waals surface area contributed by atoms with Crippen LogP contribution in [0.25, 0.3) is 0 Å². The van der Waals surface area contributed by atoms with Crippen LogP contribution in [0.5, 0.6) is 11.5 Å². The molecule has 0 aliphatic carbocycles. The highest BCUT2D eigenvalue weighted by Gasteiger charge is 2.23. The Balaban J connectivity index is 2.28. The van der Waals surface area contributed by atoms with Crippen molar-refractivity contribution in [2.24, 2.45) is 0 Å². The molecule has 4 heteroatoms. The first-order chi connectivity index (χ1) is 11.5. The Bertz CT molecular complexity index is 480. The smallest absolute Gasteiger partial charge is 0.199 e. The van der Waals surface area contributed by atoms with Crippen LogP contribution in [-0.2, 0) is 9.47 Å². The van der Waals surface area contributed by atoms with Gasteiger partial charge in [-0.15, -0.1) is 0 Å². The number of hydrogen-bond acceptors (Lipinski definition) is 4. The lowest BCUT2D eigenvalue weighted by atomic mass is 9.98. The Morgan fingerprint density at radius 3 is 2.12 bits per heavy atom. The topological polar surface area (TPSA) is 36.9 Å². The third-order valence-electron chi connectivity index (χ3n) is 4.91. The van der Waals surface area contributed by atoms with Crippen LogP contribution in [0.2, 0.25) is 0 Å². The molecule has 136 valence electrons. The molecule has 1 fully saturated rings. The maximum absolute atomic E-state index is 6.20. The first-order valence-electron chi connectivity index (χ1n) is 9.07. The molecule has 2 rings (SSSR count). The van der Waals surface area contributed by atoms with Crippen LogP contribution in [0.4, 0.5) is 0 Å². The zero-order valence-electron chi connectivity index (χ0n) is 16.0. The van der Waals surface area contributed by atoms with Crippen LogP contribution in [-0.4, -0.2) is 26.3 Å². The van der Waals surface area contributed by atoms with Crippen LogP contribution in [0.15, 0.2) is 0 Å². The van der Waals surface area contributed by atoms with Gasteiger partial charge in [0.1, 0.15) is 11.5 Å². The Hall–Kier alpha value is -1.26. The predicted octanol–water partition coefficient (Wildman–Crippen LogP) is 4.98. The van der Waals surface area contributed by atoms with E-state index in [9.17, 15) is 0 Å². The summed E-state index contributed by atoms with van der Waals surface area (Å²) >= 11 is 0. The van der Waals surface area contributed by atoms with Gasteiger partial charge >= 0.3 is 0 Å². The molecule has 0 saturated carbocycles. The van der Waals surface area contributed by atoms with Gasteiger partial charge in [0.2, 0.25) is 0 Å². The highest BCUT2D eigenvalue weighted by molar-refractivity contribution is 5.57. The lowest BCUT2D eigenvalue weighted by Crippen LogP contribution is -2.26. The molecule has 4 nitrogen and oxygen atoms in total. The lowest BCUT2D eigenvalue weighted by Gasteiger charge is -2.28. The predicted molar refractivity (Wildman–Crippen MR) is 95.9 cm³/mol. The van der Waals surface area contributed by atoms with Gasteiger partial charge in [-0.1, -0.05) is 13.3 Å². The van der Waals surface area contributed by atoms with Crippen molar-refractivity contribution in [1.29, 1.82) is 0 Å². The van der Waals surface area contributed by atoms with Crippen molar-refractivity contribution in [2.75, 3.05) is 13.7 Å². The molecule has 1 aromatic rings. The van der Waals surface area contributed by atoms with Gasteiger partial charge in [0.05, 0.1) is 6.61 Å². The number of methoxy groups -OCH3 is 1. The quantitative estimate of drug-likeness (QED) is 0.658. The van der Waals surface area contributed by atoms with Gasteiger partial charge < -0.3 is 18.9 Å². The van der Waals surface area contributed by atoms with E-state index in [-0.39, 0.29) is 12.6 Å². The summed E-state index contributed by atoms with van der Waals surface area (Å²) in [7, 11) is 1.70. The molecule has 1 aliphatic rings. The van der Waals surface area contributed by atoms with E-state index in [2.05, 4.69) is 34.6 Å². The summed E-state index contributed by atoms with van der Waals surface area (Å²) in [6, 6.07) is 0. The molecule has 2 atom stereocenters. The molecule has 0 bridgehead atoms. The number of benzene rings is 1. The lowest BCUT2D eigenvalue weighted by molar-refractivity contribution is -0.106. The maximum Gasteiger partial charge on any atom is 0.199 e. The summed E-state index contributed by atoms with van der Waals surface area (Å²) in [6.45, 7) is 11.3. The third kappa shape index (κ3) is 4.22. The summed E-state index contributed by atoms with van der Waals surface area (Å²) in [6.07, 6.45) is 4.80. The Morgan fingerprint density at radius 1 is 1.00 bits per heavy atom. The second-order valence-corrected chi connectivity index (χ2v) is 6.64. The summed E-state index contributed by atoms with van der Waals surface area (Å²) < 4.78 is 23.6. The second kappa shape index (κ2) is 8.72. The van der Waals surface area contributed by atoms with Crippen molar-refractivity contribution in [2.45, 2.75) is 79.3 Å². The molecule has 1 heterocycles. The van der Waals surface area contributed by atoms with E-state index >= 15 is 0 Å². The first-order valence-corrected chi connectivity index (χ1v) is 9.07. The van der Waals surface area contributed by atoms with E-state index in [4.69, 9.17) is 18.9 Å². The van der Waals surface area contributed by atoms with Gasteiger partial charge in [0, 0.05) is 20.0 Å². The summed E-state index contributed by atoms with van der Waals surface area (Å²) in [4.78, 5) is 0. The van der Waals surface area contributed by atoms with Crippen LogP contribution in [0, 0.1) is 27.7 Å². The van der Waals surface area contributed by atoms with Crippen molar-refractivity contribution in [3.63, 3.8) is 0 Å². The van der Waals surface area contributed by atoms with Gasteiger partial charge in [-0.25, -0.2) is 0 Å². The molecule has 0 spiro atoms. The summed E-state index contributed by atoms with van der Waals surface area (Å²) in [5.74, 6) is 1.86. The molecule has 24 heavy (non-hydrogen) atoms. The maximum atomic E-state index is 6.20. The van der Waals surface area contributed by atoms with Crippen molar-refractivity contribution in [3.05, 3.63) is 22.3 Å². The van der Waals surface area contributed by atoms with Crippen molar-refractivity contribution in [1.82, 2.24) is 0 Å². The zero-order valence-corrected chi connectivity index (χ0v) is 16.0. The van der Waals surface area contributed by atoms with Crippen molar-refractivity contribution in [3.8, 4) is 11.5 Å². The molecule has 1 saturated heterocycles. The van der Waals surface area contributed by atoms with E-state index in [1.165, 1.54) is 0 Å². The van der Waals surface area contributed by atoms with Crippen LogP contribution >= 0.6 is 0 Å². The molecule has 1 aliphatic heterocycles. The minimum atomic E-state index is -0.209. The van der Waals surface area contributed by atoms with Gasteiger partial charge in [-0.05, 0) is 62.8 Å². The van der Waals surface area contributed by atoms with E-state index in [1.54, 1.807) is 7.11 Å². The zero-order chi connectivity index (χ0) is 17.7. The molecular formula is C20H32O4. The molecule has 0 aromatic heterocycles. The average Bonchev–Trinajstić information content (AvgIpc) is 2.60. The number of rotatable bonds is 7. The van der Waals surface area contributed by atoms with Crippen molar-refractivity contribution >= 4 is 0 Å². The van der Waals surface area contributed by atoms with E-state index in [0.29, 0.717) is 0 Å². The largest absolute Gasteiger partial charge is 0.464 e. The van der Waals surface area contributed by atoms with Crippen LogP contribution in [0.1, 0.15) is 61.3 Å². The highest BCUT2D eigenvalue weighted by atomic mass is 16.7. The SMILES string of the molecule is CCCC(OC)Oc1c(C)c(C)c(OC2CCCCO2)c(C)c1C. The van der Waals surface area contributed by atoms with Crippen molar-refractivity contribution < 1.29 is 18.9 Å². The molecular weight excluding hydrogens is 304 g/mol. The van der Waals surface area contributed by atoms with E-state index in [0.717, 1.165) is 72.5 Å². The monoisotopic (exact) mass is 336 g/mol. The minimum absolute atomic E-state index is 0.131. The number of ether oxygens (including phenoxy) is 4. The molecule has 1 aromatic carbocycles. The highest BCUT2D eigenvalue weighted by Crippen LogP contribution is 2.39. The van der Waals surface area contributed by atoms with E-state index < -0.39 is 0 Å². The third-order valence-corrected chi connectivity index (χ3v) is 4.91. The minimum Gasteiger partial charge on any atom is -0.464 e. The fraction of sp³-hybridized carbons (Fsp3) is 0.700. The molecule has 0 amide bonds. The van der Waals surface area contributed by atoms with Gasteiger partial charge in [-0.2, -0.15) is 0 Å². The summed E-state index contributed by atoms with van der Waals surface area (Å²) in [5.41, 5.74) is 4.46. The molecule has 0 N–H and O–H groups in total. The van der Waals surface area contributed by atoms with Gasteiger partial charge in [0.15, 0.2) is 12.6 Å². The van der Waals surface area contributed by atoms with Crippen LogP contribution < -0.4 is 9.47 Å². The Morgan fingerprint density at radius 2 is 1.62 bits per heavy atom. The van der Waals surface area contributed by atoms with Gasteiger partial charge in [0.25, 0.3) is 0 Å². The number of hydrogen-bond donors (Lipinski definition) is 0. The Kier molecular flexibility index (Phi) is 6.93. The first kappa shape index (κ1) is 19.1. The normalized spacial score (nSPS) is 19.2. The fourth-order valence-electron chi connectivity index (χ4n) is 3.12. The summed E-state index contributed by atoms with van der Waals surface area (Å²) in [5, 5.41) is 0. The average molecular weight is 336 g/mol. The fourth-order valence-corrected chi connectivity index (χ4v) is 3.12. The Labute approximate surface area is 146 Å². The second-order valence-electron chi connectivity index (χ2n) is 6.64.